The highest BCUT2D eigenvalue weighted by atomic mass is 35.5. The summed E-state index contributed by atoms with van der Waals surface area (Å²) in [6.07, 6.45) is 0. The number of carbonyl (C=O) groups excluding carboxylic acids is 1. The van der Waals surface area contributed by atoms with Crippen LogP contribution in [0.5, 0.6) is 5.75 Å². The van der Waals surface area contributed by atoms with Gasteiger partial charge < -0.3 is 10.1 Å². The van der Waals surface area contributed by atoms with E-state index in [1.165, 1.54) is 24.3 Å². The van der Waals surface area contributed by atoms with Gasteiger partial charge in [0, 0.05) is 5.02 Å². The van der Waals surface area contributed by atoms with Gasteiger partial charge in [-0.3, -0.25) is 9.10 Å². The molecule has 0 unspecified atom stereocenters. The van der Waals surface area contributed by atoms with Crippen LogP contribution in [0.25, 0.3) is 0 Å². The van der Waals surface area contributed by atoms with E-state index >= 15 is 0 Å². The molecule has 0 aliphatic heterocycles. The predicted octanol–water partition coefficient (Wildman–Crippen LogP) is 5.88. The van der Waals surface area contributed by atoms with Crippen molar-refractivity contribution in [3.8, 4) is 5.75 Å². The molecule has 3 aromatic rings. The highest BCUT2D eigenvalue weighted by Gasteiger charge is 2.29. The normalized spacial score (nSPS) is 11.1. The van der Waals surface area contributed by atoms with Crippen LogP contribution >= 0.6 is 34.8 Å². The first-order valence-corrected chi connectivity index (χ1v) is 12.1. The summed E-state index contributed by atoms with van der Waals surface area (Å²) in [7, 11) is -4.15. The third-order valence-corrected chi connectivity index (χ3v) is 7.01. The quantitative estimate of drug-likeness (QED) is 0.408. The third kappa shape index (κ3) is 5.48. The summed E-state index contributed by atoms with van der Waals surface area (Å²) >= 11 is 18.2. The highest BCUT2D eigenvalue weighted by Crippen LogP contribution is 2.34. The summed E-state index contributed by atoms with van der Waals surface area (Å²) in [6.45, 7) is 1.55. The molecule has 3 aromatic carbocycles. The Hall–Kier alpha value is -2.45. The average molecular weight is 514 g/mol. The van der Waals surface area contributed by atoms with Crippen molar-refractivity contribution in [2.24, 2.45) is 0 Å². The lowest BCUT2D eigenvalue weighted by Crippen LogP contribution is -2.38. The minimum atomic E-state index is -4.15. The summed E-state index contributed by atoms with van der Waals surface area (Å²) < 4.78 is 33.6. The zero-order valence-corrected chi connectivity index (χ0v) is 20.0. The number of nitrogens with one attached hydrogen (secondary N) is 1. The fraction of sp³-hybridized carbons (Fsp3) is 0.136. The summed E-state index contributed by atoms with van der Waals surface area (Å²) in [5.74, 6) is -0.319. The Balaban J connectivity index is 2.03. The third-order valence-electron chi connectivity index (χ3n) is 4.35. The lowest BCUT2D eigenvalue weighted by Gasteiger charge is -2.26. The number of hydrogen-bond donors (Lipinski definition) is 1. The molecular weight excluding hydrogens is 495 g/mol. The minimum absolute atomic E-state index is 0.0308. The highest BCUT2D eigenvalue weighted by molar-refractivity contribution is 7.92. The van der Waals surface area contributed by atoms with Crippen LogP contribution < -0.4 is 14.4 Å². The number of ether oxygens (including phenoxy) is 1. The number of rotatable bonds is 8. The smallest absolute Gasteiger partial charge is 0.264 e. The standard InChI is InChI=1S/C22H19Cl3N2O4S/c1-2-31-20-9-4-3-8-19(20)27(32(29,30)16-12-10-15(23)11-13-16)14-21(28)26-22-17(24)6-5-7-18(22)25/h3-13H,2,14H2,1H3,(H,26,28). The van der Waals surface area contributed by atoms with Gasteiger partial charge in [0.15, 0.2) is 0 Å². The van der Waals surface area contributed by atoms with Gasteiger partial charge in [-0.2, -0.15) is 0 Å². The van der Waals surface area contributed by atoms with Crippen LogP contribution in [0.15, 0.2) is 71.6 Å². The Morgan fingerprint density at radius 2 is 1.56 bits per heavy atom. The summed E-state index contributed by atoms with van der Waals surface area (Å²) in [4.78, 5) is 12.9. The minimum Gasteiger partial charge on any atom is -0.492 e. The Bertz CT molecular complexity index is 1200. The summed E-state index contributed by atoms with van der Waals surface area (Å²) in [5.41, 5.74) is 0.410. The number of sulfonamides is 1. The fourth-order valence-electron chi connectivity index (χ4n) is 2.90. The van der Waals surface area contributed by atoms with Crippen molar-refractivity contribution in [3.05, 3.63) is 81.8 Å². The van der Waals surface area contributed by atoms with E-state index in [1.807, 2.05) is 0 Å². The molecule has 10 heteroatoms. The number of benzene rings is 3. The van der Waals surface area contributed by atoms with Crippen LogP contribution in [0.4, 0.5) is 11.4 Å². The second kappa shape index (κ2) is 10.4. The van der Waals surface area contributed by atoms with E-state index in [1.54, 1.807) is 49.4 Å². The molecule has 6 nitrogen and oxygen atoms in total. The number of halogens is 3. The van der Waals surface area contributed by atoms with Crippen LogP contribution in [0.1, 0.15) is 6.92 Å². The van der Waals surface area contributed by atoms with Gasteiger partial charge in [-0.1, -0.05) is 53.0 Å². The number of nitrogens with zero attached hydrogens (tertiary/aromatic N) is 1. The molecule has 0 radical (unpaired) electrons. The van der Waals surface area contributed by atoms with E-state index in [-0.39, 0.29) is 26.3 Å². The van der Waals surface area contributed by atoms with Gasteiger partial charge in [-0.25, -0.2) is 8.42 Å². The van der Waals surface area contributed by atoms with Crippen LogP contribution in [0.2, 0.25) is 15.1 Å². The first kappa shape index (κ1) is 24.2. The van der Waals surface area contributed by atoms with E-state index in [0.717, 1.165) is 4.31 Å². The molecular formula is C22H19Cl3N2O4S. The van der Waals surface area contributed by atoms with Crippen LogP contribution in [0.3, 0.4) is 0 Å². The Morgan fingerprint density at radius 1 is 0.938 bits per heavy atom. The van der Waals surface area contributed by atoms with Crippen molar-refractivity contribution < 1.29 is 17.9 Å². The lowest BCUT2D eigenvalue weighted by molar-refractivity contribution is -0.114. The zero-order valence-electron chi connectivity index (χ0n) is 16.9. The number of anilines is 2. The molecule has 0 bridgehead atoms. The van der Waals surface area contributed by atoms with E-state index in [9.17, 15) is 13.2 Å². The molecule has 0 aliphatic carbocycles. The molecule has 0 saturated heterocycles. The molecule has 1 amide bonds. The van der Waals surface area contributed by atoms with Crippen molar-refractivity contribution in [3.63, 3.8) is 0 Å². The molecule has 0 heterocycles. The molecule has 1 N–H and O–H groups in total. The average Bonchev–Trinajstić information content (AvgIpc) is 2.76. The van der Waals surface area contributed by atoms with Gasteiger partial charge in [0.1, 0.15) is 12.3 Å². The first-order chi connectivity index (χ1) is 15.2. The lowest BCUT2D eigenvalue weighted by atomic mass is 10.3. The molecule has 32 heavy (non-hydrogen) atoms. The Morgan fingerprint density at radius 3 is 2.19 bits per heavy atom. The fourth-order valence-corrected chi connectivity index (χ4v) is 4.95. The predicted molar refractivity (Wildman–Crippen MR) is 129 cm³/mol. The molecule has 3 rings (SSSR count). The zero-order chi connectivity index (χ0) is 23.3. The molecule has 0 aliphatic rings. The second-order valence-electron chi connectivity index (χ2n) is 6.51. The SMILES string of the molecule is CCOc1ccccc1N(CC(=O)Nc1c(Cl)cccc1Cl)S(=O)(=O)c1ccc(Cl)cc1. The second-order valence-corrected chi connectivity index (χ2v) is 9.62. The monoisotopic (exact) mass is 512 g/mol. The van der Waals surface area contributed by atoms with Crippen molar-refractivity contribution >= 4 is 62.1 Å². The molecule has 0 aromatic heterocycles. The number of para-hydroxylation sites is 3. The van der Waals surface area contributed by atoms with Crippen LogP contribution in [0, 0.1) is 0 Å². The van der Waals surface area contributed by atoms with Gasteiger partial charge in [0.2, 0.25) is 5.91 Å². The molecule has 168 valence electrons. The van der Waals surface area contributed by atoms with Crippen molar-refractivity contribution in [1.29, 1.82) is 0 Å². The summed E-state index contributed by atoms with van der Waals surface area (Å²) in [6, 6.07) is 17.0. The topological polar surface area (TPSA) is 75.7 Å². The van der Waals surface area contributed by atoms with Gasteiger partial charge in [0.05, 0.1) is 32.9 Å². The first-order valence-electron chi connectivity index (χ1n) is 9.48. The van der Waals surface area contributed by atoms with Gasteiger partial charge >= 0.3 is 0 Å². The van der Waals surface area contributed by atoms with E-state index in [2.05, 4.69) is 5.32 Å². The maximum absolute atomic E-state index is 13.5. The Labute approximate surface area is 201 Å². The van der Waals surface area contributed by atoms with Crippen molar-refractivity contribution in [2.75, 3.05) is 22.8 Å². The number of hydrogen-bond acceptors (Lipinski definition) is 4. The molecule has 0 spiro atoms. The van der Waals surface area contributed by atoms with Crippen molar-refractivity contribution in [1.82, 2.24) is 0 Å². The van der Waals surface area contributed by atoms with E-state index in [0.29, 0.717) is 17.4 Å². The van der Waals surface area contributed by atoms with E-state index < -0.39 is 22.5 Å². The van der Waals surface area contributed by atoms with Crippen molar-refractivity contribution in [2.45, 2.75) is 11.8 Å². The molecule has 0 atom stereocenters. The molecule has 0 saturated carbocycles. The number of amides is 1. The van der Waals surface area contributed by atoms with Gasteiger partial charge in [-0.05, 0) is 55.5 Å². The van der Waals surface area contributed by atoms with Gasteiger partial charge in [-0.15, -0.1) is 0 Å². The summed E-state index contributed by atoms with van der Waals surface area (Å²) in [5, 5.41) is 3.44. The van der Waals surface area contributed by atoms with E-state index in [4.69, 9.17) is 39.5 Å². The largest absolute Gasteiger partial charge is 0.492 e. The maximum Gasteiger partial charge on any atom is 0.264 e. The Kier molecular flexibility index (Phi) is 7.90. The van der Waals surface area contributed by atoms with Crippen LogP contribution in [-0.2, 0) is 14.8 Å². The maximum atomic E-state index is 13.5. The van der Waals surface area contributed by atoms with Crippen LogP contribution in [-0.4, -0.2) is 27.5 Å². The molecule has 0 fully saturated rings. The van der Waals surface area contributed by atoms with Gasteiger partial charge in [0.25, 0.3) is 10.0 Å². The number of carbonyl (C=O) groups is 1.